The Bertz CT molecular complexity index is 768. The van der Waals surface area contributed by atoms with Gasteiger partial charge in [-0.3, -0.25) is 9.59 Å². The molecule has 1 aliphatic rings. The summed E-state index contributed by atoms with van der Waals surface area (Å²) in [7, 11) is 0. The molecule has 0 unspecified atom stereocenters. The molecule has 3 rings (SSSR count). The fraction of sp³-hybridized carbons (Fsp3) is 0.381. The van der Waals surface area contributed by atoms with E-state index in [0.29, 0.717) is 17.9 Å². The number of benzene rings is 1. The molecule has 1 fully saturated rings. The van der Waals surface area contributed by atoms with E-state index in [4.69, 9.17) is 0 Å². The third kappa shape index (κ3) is 4.10. The lowest BCUT2D eigenvalue weighted by molar-refractivity contribution is 0.0683. The zero-order valence-corrected chi connectivity index (χ0v) is 15.4. The number of aromatic nitrogens is 1. The van der Waals surface area contributed by atoms with Crippen LogP contribution in [0.25, 0.3) is 0 Å². The zero-order chi connectivity index (χ0) is 18.5. The van der Waals surface area contributed by atoms with Gasteiger partial charge in [-0.05, 0) is 44.4 Å². The molecule has 0 aliphatic carbocycles. The third-order valence-electron chi connectivity index (χ3n) is 4.66. The van der Waals surface area contributed by atoms with Crippen LogP contribution in [0.3, 0.4) is 0 Å². The molecule has 5 nitrogen and oxygen atoms in total. The van der Waals surface area contributed by atoms with Crippen LogP contribution in [0.15, 0.2) is 48.5 Å². The van der Waals surface area contributed by atoms with Gasteiger partial charge in [-0.1, -0.05) is 36.4 Å². The minimum atomic E-state index is -0.153. The van der Waals surface area contributed by atoms with Gasteiger partial charge in [-0.25, -0.2) is 4.98 Å². The summed E-state index contributed by atoms with van der Waals surface area (Å²) in [5.74, 6) is -0.240. The van der Waals surface area contributed by atoms with Gasteiger partial charge < -0.3 is 9.80 Å². The number of pyridine rings is 1. The average molecular weight is 351 g/mol. The van der Waals surface area contributed by atoms with Gasteiger partial charge in [0, 0.05) is 25.7 Å². The molecule has 0 atom stereocenters. The number of hydrogen-bond donors (Lipinski definition) is 0. The van der Waals surface area contributed by atoms with E-state index in [-0.39, 0.29) is 17.9 Å². The van der Waals surface area contributed by atoms with Crippen molar-refractivity contribution in [2.75, 3.05) is 13.1 Å². The minimum absolute atomic E-state index is 0.0300. The van der Waals surface area contributed by atoms with Gasteiger partial charge >= 0.3 is 0 Å². The van der Waals surface area contributed by atoms with Gasteiger partial charge in [0.25, 0.3) is 11.8 Å². The van der Waals surface area contributed by atoms with Crippen LogP contribution in [-0.2, 0) is 6.54 Å². The SMILES string of the molecule is CC(C)N(Cc1ccccc1)C(=O)c1cccc(C(=O)N2CCCC2)n1. The molecule has 136 valence electrons. The second-order valence-electron chi connectivity index (χ2n) is 6.92. The van der Waals surface area contributed by atoms with Crippen LogP contribution in [-0.4, -0.2) is 45.7 Å². The van der Waals surface area contributed by atoms with Gasteiger partial charge in [0.1, 0.15) is 11.4 Å². The monoisotopic (exact) mass is 351 g/mol. The predicted octanol–water partition coefficient (Wildman–Crippen LogP) is 3.37. The van der Waals surface area contributed by atoms with E-state index in [2.05, 4.69) is 4.98 Å². The molecular weight excluding hydrogens is 326 g/mol. The smallest absolute Gasteiger partial charge is 0.273 e. The van der Waals surface area contributed by atoms with Crippen LogP contribution < -0.4 is 0 Å². The number of carbonyl (C=O) groups is 2. The summed E-state index contributed by atoms with van der Waals surface area (Å²) in [5, 5.41) is 0. The Labute approximate surface area is 154 Å². The topological polar surface area (TPSA) is 53.5 Å². The summed E-state index contributed by atoms with van der Waals surface area (Å²) in [6, 6.07) is 15.0. The number of nitrogens with zero attached hydrogens (tertiary/aromatic N) is 3. The lowest BCUT2D eigenvalue weighted by atomic mass is 10.1. The number of likely N-dealkylation sites (tertiary alicyclic amines) is 1. The lowest BCUT2D eigenvalue weighted by Crippen LogP contribution is -2.37. The Balaban J connectivity index is 1.80. The molecule has 1 saturated heterocycles. The normalized spacial score (nSPS) is 13.9. The highest BCUT2D eigenvalue weighted by atomic mass is 16.2. The third-order valence-corrected chi connectivity index (χ3v) is 4.66. The lowest BCUT2D eigenvalue weighted by Gasteiger charge is -2.27. The first-order chi connectivity index (χ1) is 12.6. The van der Waals surface area contributed by atoms with Crippen LogP contribution in [0.1, 0.15) is 53.2 Å². The van der Waals surface area contributed by atoms with Crippen molar-refractivity contribution < 1.29 is 9.59 Å². The highest BCUT2D eigenvalue weighted by molar-refractivity contribution is 5.96. The molecule has 2 aromatic rings. The number of amides is 2. The summed E-state index contributed by atoms with van der Waals surface area (Å²) in [5.41, 5.74) is 1.74. The van der Waals surface area contributed by atoms with Crippen LogP contribution in [0, 0.1) is 0 Å². The van der Waals surface area contributed by atoms with Crippen molar-refractivity contribution in [3.63, 3.8) is 0 Å². The molecule has 0 bridgehead atoms. The molecule has 1 aromatic heterocycles. The fourth-order valence-electron chi connectivity index (χ4n) is 3.17. The quantitative estimate of drug-likeness (QED) is 0.830. The molecular formula is C21H25N3O2. The number of rotatable bonds is 5. The van der Waals surface area contributed by atoms with E-state index >= 15 is 0 Å². The van der Waals surface area contributed by atoms with E-state index in [9.17, 15) is 9.59 Å². The van der Waals surface area contributed by atoms with Gasteiger partial charge in [0.05, 0.1) is 0 Å². The number of hydrogen-bond acceptors (Lipinski definition) is 3. The Morgan fingerprint density at radius 2 is 1.65 bits per heavy atom. The first kappa shape index (κ1) is 18.1. The Hall–Kier alpha value is -2.69. The highest BCUT2D eigenvalue weighted by Gasteiger charge is 2.24. The van der Waals surface area contributed by atoms with E-state index < -0.39 is 0 Å². The van der Waals surface area contributed by atoms with Crippen molar-refractivity contribution in [2.45, 2.75) is 39.3 Å². The molecule has 26 heavy (non-hydrogen) atoms. The Kier molecular flexibility index (Phi) is 5.66. The van der Waals surface area contributed by atoms with Crippen molar-refractivity contribution in [1.82, 2.24) is 14.8 Å². The van der Waals surface area contributed by atoms with Crippen molar-refractivity contribution in [3.05, 3.63) is 65.5 Å². The van der Waals surface area contributed by atoms with Crippen molar-refractivity contribution in [3.8, 4) is 0 Å². The summed E-state index contributed by atoms with van der Waals surface area (Å²) in [6.07, 6.45) is 2.06. The fourth-order valence-corrected chi connectivity index (χ4v) is 3.17. The van der Waals surface area contributed by atoms with Crippen LogP contribution in [0.5, 0.6) is 0 Å². The maximum absolute atomic E-state index is 13.0. The first-order valence-corrected chi connectivity index (χ1v) is 9.17. The average Bonchev–Trinajstić information content (AvgIpc) is 3.20. The molecule has 5 heteroatoms. The van der Waals surface area contributed by atoms with E-state index in [1.807, 2.05) is 44.2 Å². The Morgan fingerprint density at radius 1 is 1.00 bits per heavy atom. The summed E-state index contributed by atoms with van der Waals surface area (Å²) < 4.78 is 0. The molecule has 0 saturated carbocycles. The predicted molar refractivity (Wildman–Crippen MR) is 101 cm³/mol. The van der Waals surface area contributed by atoms with Gasteiger partial charge in [0.2, 0.25) is 0 Å². The van der Waals surface area contributed by atoms with Crippen molar-refractivity contribution in [1.29, 1.82) is 0 Å². The zero-order valence-electron chi connectivity index (χ0n) is 15.4. The van der Waals surface area contributed by atoms with Gasteiger partial charge in [-0.2, -0.15) is 0 Å². The van der Waals surface area contributed by atoms with Crippen LogP contribution >= 0.6 is 0 Å². The number of carbonyl (C=O) groups excluding carboxylic acids is 2. The standard InChI is InChI=1S/C21H25N3O2/c1-16(2)24(15-17-9-4-3-5-10-17)21(26)19-12-8-11-18(22-19)20(25)23-13-6-7-14-23/h3-5,8-12,16H,6-7,13-15H2,1-2H3. The molecule has 1 aromatic carbocycles. The van der Waals surface area contributed by atoms with Crippen LogP contribution in [0.2, 0.25) is 0 Å². The second kappa shape index (κ2) is 8.13. The Morgan fingerprint density at radius 3 is 2.31 bits per heavy atom. The largest absolute Gasteiger partial charge is 0.337 e. The molecule has 1 aliphatic heterocycles. The maximum Gasteiger partial charge on any atom is 0.273 e. The molecule has 0 radical (unpaired) electrons. The molecule has 0 N–H and O–H groups in total. The molecule has 0 spiro atoms. The summed E-state index contributed by atoms with van der Waals surface area (Å²) in [6.45, 7) is 6.03. The summed E-state index contributed by atoms with van der Waals surface area (Å²) in [4.78, 5) is 33.5. The van der Waals surface area contributed by atoms with E-state index in [1.54, 1.807) is 28.0 Å². The van der Waals surface area contributed by atoms with E-state index in [0.717, 1.165) is 31.5 Å². The molecule has 2 amide bonds. The van der Waals surface area contributed by atoms with E-state index in [1.165, 1.54) is 0 Å². The van der Waals surface area contributed by atoms with Gasteiger partial charge in [0.15, 0.2) is 0 Å². The summed E-state index contributed by atoms with van der Waals surface area (Å²) >= 11 is 0. The van der Waals surface area contributed by atoms with Gasteiger partial charge in [-0.15, -0.1) is 0 Å². The first-order valence-electron chi connectivity index (χ1n) is 9.17. The van der Waals surface area contributed by atoms with Crippen molar-refractivity contribution in [2.24, 2.45) is 0 Å². The highest BCUT2D eigenvalue weighted by Crippen LogP contribution is 2.15. The van der Waals surface area contributed by atoms with Crippen LogP contribution in [0.4, 0.5) is 0 Å². The second-order valence-corrected chi connectivity index (χ2v) is 6.92. The van der Waals surface area contributed by atoms with Crippen molar-refractivity contribution >= 4 is 11.8 Å². The minimum Gasteiger partial charge on any atom is -0.337 e. The molecule has 2 heterocycles. The maximum atomic E-state index is 13.0.